The highest BCUT2D eigenvalue weighted by molar-refractivity contribution is 7.85. The molecule has 1 aromatic heterocycles. The number of benzene rings is 1. The first-order valence-corrected chi connectivity index (χ1v) is 12.5. The van der Waals surface area contributed by atoms with E-state index in [4.69, 9.17) is 4.74 Å². The number of fused-ring (bicyclic) bond motifs is 1. The number of rotatable bonds is 7. The Hall–Kier alpha value is -2.51. The van der Waals surface area contributed by atoms with E-state index in [1.54, 1.807) is 18.5 Å². The van der Waals surface area contributed by atoms with Gasteiger partial charge in [-0.1, -0.05) is 26.0 Å². The zero-order valence-electron chi connectivity index (χ0n) is 18.8. The van der Waals surface area contributed by atoms with Gasteiger partial charge in [0.2, 0.25) is 0 Å². The molecular weight excluding hydrogens is 422 g/mol. The number of carbonyl (C=O) groups excluding carboxylic acids is 1. The van der Waals surface area contributed by atoms with Gasteiger partial charge in [0.15, 0.2) is 5.76 Å². The highest BCUT2D eigenvalue weighted by Gasteiger charge is 2.25. The topological polar surface area (TPSA) is 71.5 Å². The molecule has 2 aliphatic heterocycles. The summed E-state index contributed by atoms with van der Waals surface area (Å²) in [5, 5.41) is 3.12. The van der Waals surface area contributed by atoms with Gasteiger partial charge in [0.05, 0.1) is 10.8 Å². The highest BCUT2D eigenvalue weighted by atomic mass is 32.2. The Morgan fingerprint density at radius 3 is 2.69 bits per heavy atom. The minimum Gasteiger partial charge on any atom is -0.483 e. The lowest BCUT2D eigenvalue weighted by Crippen LogP contribution is -2.39. The van der Waals surface area contributed by atoms with E-state index in [-0.39, 0.29) is 11.2 Å². The van der Waals surface area contributed by atoms with Gasteiger partial charge < -0.3 is 15.0 Å². The SMILES string of the molecule is CC(C)CN1CCC(S(=O)c2ccc(CNC(=O)C3=Cc4ccncc4CO3)cc2)CC1. The third-order valence-corrected chi connectivity index (χ3v) is 7.72. The van der Waals surface area contributed by atoms with Crippen LogP contribution >= 0.6 is 0 Å². The summed E-state index contributed by atoms with van der Waals surface area (Å²) in [5.41, 5.74) is 2.89. The molecule has 0 saturated carbocycles. The van der Waals surface area contributed by atoms with Crippen LogP contribution in [0.3, 0.4) is 0 Å². The molecule has 1 fully saturated rings. The molecule has 2 aromatic rings. The number of pyridine rings is 1. The molecule has 1 unspecified atom stereocenters. The van der Waals surface area contributed by atoms with E-state index in [9.17, 15) is 9.00 Å². The zero-order valence-corrected chi connectivity index (χ0v) is 19.6. The quantitative estimate of drug-likeness (QED) is 0.695. The number of nitrogens with zero attached hydrogens (tertiary/aromatic N) is 2. The second-order valence-corrected chi connectivity index (χ2v) is 10.6. The molecule has 2 aliphatic rings. The van der Waals surface area contributed by atoms with Crippen LogP contribution in [0.15, 0.2) is 53.4 Å². The summed E-state index contributed by atoms with van der Waals surface area (Å²) in [7, 11) is -0.992. The van der Waals surface area contributed by atoms with E-state index in [1.807, 2.05) is 30.3 Å². The van der Waals surface area contributed by atoms with Crippen molar-refractivity contribution in [1.29, 1.82) is 0 Å². The molecule has 1 atom stereocenters. The Balaban J connectivity index is 1.28. The van der Waals surface area contributed by atoms with Crippen LogP contribution in [0.1, 0.15) is 43.4 Å². The molecule has 0 radical (unpaired) electrons. The maximum Gasteiger partial charge on any atom is 0.286 e. The predicted molar refractivity (Wildman–Crippen MR) is 126 cm³/mol. The lowest BCUT2D eigenvalue weighted by molar-refractivity contribution is -0.121. The molecule has 1 amide bonds. The molecule has 1 aromatic carbocycles. The summed E-state index contributed by atoms with van der Waals surface area (Å²) >= 11 is 0. The highest BCUT2D eigenvalue weighted by Crippen LogP contribution is 2.23. The van der Waals surface area contributed by atoms with Gasteiger partial charge in [0.1, 0.15) is 6.61 Å². The predicted octanol–water partition coefficient (Wildman–Crippen LogP) is 3.50. The molecule has 170 valence electrons. The van der Waals surface area contributed by atoms with Gasteiger partial charge in [-0.05, 0) is 67.3 Å². The number of aromatic nitrogens is 1. The van der Waals surface area contributed by atoms with E-state index < -0.39 is 10.8 Å². The molecule has 0 spiro atoms. The average molecular weight is 454 g/mol. The molecule has 1 N–H and O–H groups in total. The fraction of sp³-hybridized carbons (Fsp3) is 0.440. The van der Waals surface area contributed by atoms with Gasteiger partial charge in [-0.3, -0.25) is 14.0 Å². The second kappa shape index (κ2) is 10.4. The van der Waals surface area contributed by atoms with E-state index in [2.05, 4.69) is 29.0 Å². The van der Waals surface area contributed by atoms with Gasteiger partial charge in [0, 0.05) is 41.2 Å². The Labute approximate surface area is 192 Å². The second-order valence-electron chi connectivity index (χ2n) is 8.89. The van der Waals surface area contributed by atoms with Crippen LogP contribution in [0, 0.1) is 5.92 Å². The first kappa shape index (κ1) is 22.7. The molecule has 0 bridgehead atoms. The molecule has 3 heterocycles. The summed E-state index contributed by atoms with van der Waals surface area (Å²) in [6, 6.07) is 9.62. The first-order chi connectivity index (χ1) is 15.5. The lowest BCUT2D eigenvalue weighted by Gasteiger charge is -2.32. The number of ether oxygens (including phenoxy) is 1. The Kier molecular flexibility index (Phi) is 7.37. The largest absolute Gasteiger partial charge is 0.483 e. The van der Waals surface area contributed by atoms with Crippen LogP contribution < -0.4 is 5.32 Å². The number of amides is 1. The van der Waals surface area contributed by atoms with Crippen molar-refractivity contribution in [2.24, 2.45) is 5.92 Å². The maximum atomic E-state index is 13.0. The van der Waals surface area contributed by atoms with Crippen LogP contribution in [-0.2, 0) is 33.5 Å². The smallest absolute Gasteiger partial charge is 0.286 e. The third kappa shape index (κ3) is 5.64. The summed E-state index contributed by atoms with van der Waals surface area (Å²) in [5.74, 6) is 0.734. The van der Waals surface area contributed by atoms with Crippen LogP contribution in [0.5, 0.6) is 0 Å². The number of hydrogen-bond acceptors (Lipinski definition) is 5. The number of piperidine rings is 1. The van der Waals surface area contributed by atoms with Crippen LogP contribution in [0.2, 0.25) is 0 Å². The number of nitrogens with one attached hydrogen (secondary N) is 1. The summed E-state index contributed by atoms with van der Waals surface area (Å²) < 4.78 is 18.6. The normalized spacial score (nSPS) is 17.9. The molecule has 6 nitrogen and oxygen atoms in total. The molecule has 1 saturated heterocycles. The fourth-order valence-electron chi connectivity index (χ4n) is 4.19. The zero-order chi connectivity index (χ0) is 22.5. The fourth-order valence-corrected chi connectivity index (χ4v) is 5.62. The Morgan fingerprint density at radius 2 is 1.97 bits per heavy atom. The van der Waals surface area contributed by atoms with Gasteiger partial charge in [-0.25, -0.2) is 0 Å². The van der Waals surface area contributed by atoms with Gasteiger partial charge in [-0.2, -0.15) is 0 Å². The van der Waals surface area contributed by atoms with Gasteiger partial charge >= 0.3 is 0 Å². The molecular formula is C25H31N3O3S. The third-order valence-electron chi connectivity index (χ3n) is 5.90. The number of carbonyl (C=O) groups is 1. The summed E-state index contributed by atoms with van der Waals surface area (Å²) in [4.78, 5) is 19.9. The average Bonchev–Trinajstić information content (AvgIpc) is 2.82. The lowest BCUT2D eigenvalue weighted by atomic mass is 10.1. The Bertz CT molecular complexity index is 996. The minimum atomic E-state index is -0.992. The van der Waals surface area contributed by atoms with E-state index in [0.29, 0.717) is 24.8 Å². The Morgan fingerprint density at radius 1 is 1.22 bits per heavy atom. The van der Waals surface area contributed by atoms with Gasteiger partial charge in [-0.15, -0.1) is 0 Å². The van der Waals surface area contributed by atoms with Crippen molar-refractivity contribution in [2.75, 3.05) is 19.6 Å². The van der Waals surface area contributed by atoms with Crippen molar-refractivity contribution in [2.45, 2.75) is 50.0 Å². The standard InChI is InChI=1S/C25H31N3O3S/c1-18(2)16-28-11-8-23(9-12-28)32(30)22-5-3-19(4-6-22)14-27-25(29)24-13-20-7-10-26-15-21(20)17-31-24/h3-7,10,13,15,18,23H,8-9,11-12,14,16-17H2,1-2H3,(H,27,29). The molecule has 0 aliphatic carbocycles. The van der Waals surface area contributed by atoms with Crippen molar-refractivity contribution in [3.63, 3.8) is 0 Å². The number of likely N-dealkylation sites (tertiary alicyclic amines) is 1. The van der Waals surface area contributed by atoms with Crippen LogP contribution in [-0.4, -0.2) is 44.9 Å². The van der Waals surface area contributed by atoms with E-state index in [1.165, 1.54) is 0 Å². The monoisotopic (exact) mass is 453 g/mol. The number of hydrogen-bond donors (Lipinski definition) is 1. The van der Waals surface area contributed by atoms with Crippen molar-refractivity contribution in [3.8, 4) is 0 Å². The van der Waals surface area contributed by atoms with E-state index in [0.717, 1.165) is 54.1 Å². The first-order valence-electron chi connectivity index (χ1n) is 11.3. The molecule has 7 heteroatoms. The van der Waals surface area contributed by atoms with E-state index >= 15 is 0 Å². The summed E-state index contributed by atoms with van der Waals surface area (Å²) in [6.45, 7) is 8.39. The van der Waals surface area contributed by atoms with Crippen molar-refractivity contribution in [1.82, 2.24) is 15.2 Å². The van der Waals surface area contributed by atoms with Crippen LogP contribution in [0.25, 0.3) is 6.08 Å². The van der Waals surface area contributed by atoms with Crippen molar-refractivity contribution < 1.29 is 13.7 Å². The minimum absolute atomic E-state index is 0.220. The van der Waals surface area contributed by atoms with Crippen LogP contribution in [0.4, 0.5) is 0 Å². The molecule has 32 heavy (non-hydrogen) atoms. The van der Waals surface area contributed by atoms with Crippen molar-refractivity contribution >= 4 is 22.8 Å². The summed E-state index contributed by atoms with van der Waals surface area (Å²) in [6.07, 6.45) is 7.16. The maximum absolute atomic E-state index is 13.0. The van der Waals surface area contributed by atoms with Crippen molar-refractivity contribution in [3.05, 3.63) is 65.2 Å². The van der Waals surface area contributed by atoms with Gasteiger partial charge in [0.25, 0.3) is 5.91 Å². The molecule has 4 rings (SSSR count).